The van der Waals surface area contributed by atoms with Gasteiger partial charge in [0.05, 0.1) is 12.8 Å². The number of aromatic nitrogens is 2. The molecule has 0 radical (unpaired) electrons. The molecule has 0 aliphatic carbocycles. The van der Waals surface area contributed by atoms with Crippen LogP contribution in [0.3, 0.4) is 0 Å². The van der Waals surface area contributed by atoms with Gasteiger partial charge in [0.1, 0.15) is 6.04 Å². The molecule has 2 aromatic heterocycles. The summed E-state index contributed by atoms with van der Waals surface area (Å²) in [5.74, 6) is 1.09. The molecule has 8 heteroatoms. The summed E-state index contributed by atoms with van der Waals surface area (Å²) in [7, 11) is 0. The SMILES string of the molecule is O=C1NCC(=O)N2CCN(Cc3cnc(-c4ccco4)nc3)C[C@H]12. The maximum Gasteiger partial charge on any atom is 0.244 e. The molecule has 2 aromatic rings. The van der Waals surface area contributed by atoms with Gasteiger partial charge in [-0.25, -0.2) is 9.97 Å². The highest BCUT2D eigenvalue weighted by atomic mass is 16.3. The van der Waals surface area contributed by atoms with E-state index in [0.717, 1.165) is 12.1 Å². The van der Waals surface area contributed by atoms with Crippen molar-refractivity contribution in [3.8, 4) is 11.6 Å². The molecule has 2 aliphatic heterocycles. The monoisotopic (exact) mass is 327 g/mol. The first-order valence-electron chi connectivity index (χ1n) is 7.85. The third-order valence-electron chi connectivity index (χ3n) is 4.35. The number of amides is 2. The van der Waals surface area contributed by atoms with Crippen LogP contribution < -0.4 is 5.32 Å². The fraction of sp³-hybridized carbons (Fsp3) is 0.375. The molecule has 0 saturated carbocycles. The van der Waals surface area contributed by atoms with E-state index in [0.29, 0.717) is 31.2 Å². The number of piperazine rings is 2. The van der Waals surface area contributed by atoms with Crippen molar-refractivity contribution in [1.82, 2.24) is 25.1 Å². The second-order valence-corrected chi connectivity index (χ2v) is 5.95. The molecular formula is C16H17N5O3. The van der Waals surface area contributed by atoms with Crippen molar-refractivity contribution < 1.29 is 14.0 Å². The van der Waals surface area contributed by atoms with E-state index in [-0.39, 0.29) is 18.4 Å². The topological polar surface area (TPSA) is 91.6 Å². The molecule has 8 nitrogen and oxygen atoms in total. The van der Waals surface area contributed by atoms with E-state index in [1.165, 1.54) is 0 Å². The predicted molar refractivity (Wildman–Crippen MR) is 83.5 cm³/mol. The van der Waals surface area contributed by atoms with Crippen LogP contribution in [0.15, 0.2) is 35.2 Å². The number of fused-ring (bicyclic) bond motifs is 1. The summed E-state index contributed by atoms with van der Waals surface area (Å²) >= 11 is 0. The average Bonchev–Trinajstić information content (AvgIpc) is 3.14. The second-order valence-electron chi connectivity index (χ2n) is 5.95. The predicted octanol–water partition coefficient (Wildman–Crippen LogP) is -0.121. The summed E-state index contributed by atoms with van der Waals surface area (Å²) in [5.41, 5.74) is 0.960. The lowest BCUT2D eigenvalue weighted by molar-refractivity contribution is -0.149. The molecule has 2 aliphatic rings. The van der Waals surface area contributed by atoms with Crippen LogP contribution >= 0.6 is 0 Å². The zero-order chi connectivity index (χ0) is 16.5. The molecule has 1 atom stereocenters. The van der Waals surface area contributed by atoms with Crippen LogP contribution in [0.5, 0.6) is 0 Å². The first-order valence-corrected chi connectivity index (χ1v) is 7.85. The van der Waals surface area contributed by atoms with E-state index in [9.17, 15) is 9.59 Å². The molecule has 4 rings (SSSR count). The van der Waals surface area contributed by atoms with Gasteiger partial charge in [-0.3, -0.25) is 14.5 Å². The molecule has 0 spiro atoms. The number of furan rings is 1. The maximum atomic E-state index is 12.0. The van der Waals surface area contributed by atoms with Crippen LogP contribution in [0.2, 0.25) is 0 Å². The quantitative estimate of drug-likeness (QED) is 0.845. The number of rotatable bonds is 3. The first-order chi connectivity index (χ1) is 11.7. The first kappa shape index (κ1) is 14.8. The minimum absolute atomic E-state index is 0.00890. The van der Waals surface area contributed by atoms with E-state index in [4.69, 9.17) is 4.42 Å². The zero-order valence-corrected chi connectivity index (χ0v) is 13.0. The van der Waals surface area contributed by atoms with Gasteiger partial charge in [-0.1, -0.05) is 0 Å². The fourth-order valence-corrected chi connectivity index (χ4v) is 3.12. The van der Waals surface area contributed by atoms with E-state index in [1.807, 2.05) is 6.07 Å². The van der Waals surface area contributed by atoms with E-state index >= 15 is 0 Å². The summed E-state index contributed by atoms with van der Waals surface area (Å²) < 4.78 is 5.27. The summed E-state index contributed by atoms with van der Waals surface area (Å²) in [6.45, 7) is 2.58. The number of nitrogens with one attached hydrogen (secondary N) is 1. The number of carbonyl (C=O) groups is 2. The Kier molecular flexibility index (Phi) is 3.73. The van der Waals surface area contributed by atoms with Crippen LogP contribution in [-0.2, 0) is 16.1 Å². The summed E-state index contributed by atoms with van der Waals surface area (Å²) in [6, 6.07) is 3.21. The molecule has 0 aromatic carbocycles. The van der Waals surface area contributed by atoms with Crippen molar-refractivity contribution in [3.63, 3.8) is 0 Å². The van der Waals surface area contributed by atoms with Gasteiger partial charge >= 0.3 is 0 Å². The summed E-state index contributed by atoms with van der Waals surface area (Å²) in [4.78, 5) is 36.3. The van der Waals surface area contributed by atoms with Crippen molar-refractivity contribution in [3.05, 3.63) is 36.4 Å². The Morgan fingerprint density at radius 1 is 1.25 bits per heavy atom. The molecule has 2 amide bonds. The third kappa shape index (κ3) is 2.76. The van der Waals surface area contributed by atoms with Gasteiger partial charge in [-0.05, 0) is 12.1 Å². The van der Waals surface area contributed by atoms with Crippen LogP contribution in [0, 0.1) is 0 Å². The standard InChI is InChI=1S/C16H17N5O3/c22-14-8-19-16(23)12-10-20(3-4-21(12)14)9-11-6-17-15(18-7-11)13-2-1-5-24-13/h1-2,5-7,12H,3-4,8-10H2,(H,19,23)/t12-/m1/s1. The molecule has 0 unspecified atom stereocenters. The lowest BCUT2D eigenvalue weighted by Crippen LogP contribution is -2.65. The van der Waals surface area contributed by atoms with E-state index < -0.39 is 6.04 Å². The Balaban J connectivity index is 1.42. The van der Waals surface area contributed by atoms with Crippen molar-refractivity contribution >= 4 is 11.8 Å². The van der Waals surface area contributed by atoms with Gasteiger partial charge in [-0.2, -0.15) is 0 Å². The van der Waals surface area contributed by atoms with Gasteiger partial charge in [0.25, 0.3) is 0 Å². The highest BCUT2D eigenvalue weighted by Crippen LogP contribution is 2.17. The van der Waals surface area contributed by atoms with Crippen LogP contribution in [0.25, 0.3) is 11.6 Å². The van der Waals surface area contributed by atoms with Crippen molar-refractivity contribution in [1.29, 1.82) is 0 Å². The normalized spacial score (nSPS) is 21.5. The second kappa shape index (κ2) is 6.04. The lowest BCUT2D eigenvalue weighted by atomic mass is 10.1. The summed E-state index contributed by atoms with van der Waals surface area (Å²) in [6.07, 6.45) is 5.12. The molecule has 1 N–H and O–H groups in total. The Morgan fingerprint density at radius 2 is 2.08 bits per heavy atom. The summed E-state index contributed by atoms with van der Waals surface area (Å²) in [5, 5.41) is 2.65. The Hall–Kier alpha value is -2.74. The smallest absolute Gasteiger partial charge is 0.244 e. The zero-order valence-electron chi connectivity index (χ0n) is 13.0. The van der Waals surface area contributed by atoms with E-state index in [2.05, 4.69) is 20.2 Å². The Morgan fingerprint density at radius 3 is 2.83 bits per heavy atom. The van der Waals surface area contributed by atoms with Gasteiger partial charge in [0, 0.05) is 44.1 Å². The van der Waals surface area contributed by atoms with Gasteiger partial charge < -0.3 is 14.6 Å². The van der Waals surface area contributed by atoms with Gasteiger partial charge in [-0.15, -0.1) is 0 Å². The largest absolute Gasteiger partial charge is 0.461 e. The Bertz CT molecular complexity index is 744. The number of carbonyl (C=O) groups excluding carboxylic acids is 2. The number of nitrogens with zero attached hydrogens (tertiary/aromatic N) is 4. The molecule has 124 valence electrons. The number of hydrogen-bond acceptors (Lipinski definition) is 6. The van der Waals surface area contributed by atoms with Crippen LogP contribution in [0.4, 0.5) is 0 Å². The molecule has 0 bridgehead atoms. The van der Waals surface area contributed by atoms with Crippen LogP contribution in [-0.4, -0.2) is 63.8 Å². The molecular weight excluding hydrogens is 310 g/mol. The van der Waals surface area contributed by atoms with Gasteiger partial charge in [0.2, 0.25) is 11.8 Å². The highest BCUT2D eigenvalue weighted by molar-refractivity contribution is 5.95. The van der Waals surface area contributed by atoms with Crippen molar-refractivity contribution in [2.45, 2.75) is 12.6 Å². The maximum absolute atomic E-state index is 12.0. The number of hydrogen-bond donors (Lipinski definition) is 1. The van der Waals surface area contributed by atoms with Crippen LogP contribution in [0.1, 0.15) is 5.56 Å². The molecule has 4 heterocycles. The molecule has 2 saturated heterocycles. The minimum Gasteiger partial charge on any atom is -0.461 e. The van der Waals surface area contributed by atoms with Crippen molar-refractivity contribution in [2.24, 2.45) is 0 Å². The minimum atomic E-state index is -0.400. The molecule has 24 heavy (non-hydrogen) atoms. The van der Waals surface area contributed by atoms with Crippen molar-refractivity contribution in [2.75, 3.05) is 26.2 Å². The lowest BCUT2D eigenvalue weighted by Gasteiger charge is -2.42. The van der Waals surface area contributed by atoms with E-state index in [1.54, 1.807) is 29.6 Å². The fourth-order valence-electron chi connectivity index (χ4n) is 3.12. The third-order valence-corrected chi connectivity index (χ3v) is 4.35. The molecule has 2 fully saturated rings. The van der Waals surface area contributed by atoms with Gasteiger partial charge in [0.15, 0.2) is 11.6 Å². The Labute approximate surface area is 138 Å². The highest BCUT2D eigenvalue weighted by Gasteiger charge is 2.38. The average molecular weight is 327 g/mol.